The Morgan fingerprint density at radius 2 is 1.80 bits per heavy atom. The van der Waals surface area contributed by atoms with E-state index in [2.05, 4.69) is 40.3 Å². The molecule has 0 spiro atoms. The molecule has 4 aromatic rings. The third-order valence-electron chi connectivity index (χ3n) is 6.40. The van der Waals surface area contributed by atoms with E-state index in [1.165, 1.54) is 6.07 Å². The van der Waals surface area contributed by atoms with E-state index in [4.69, 9.17) is 14.7 Å². The van der Waals surface area contributed by atoms with Crippen molar-refractivity contribution in [3.63, 3.8) is 0 Å². The topological polar surface area (TPSA) is 126 Å². The summed E-state index contributed by atoms with van der Waals surface area (Å²) in [7, 11) is -3.67. The molecular formula is C29H30N6O4S. The van der Waals surface area contributed by atoms with Crippen LogP contribution in [0, 0.1) is 0 Å². The van der Waals surface area contributed by atoms with E-state index in [9.17, 15) is 13.2 Å². The molecule has 0 aliphatic carbocycles. The van der Waals surface area contributed by atoms with Crippen LogP contribution in [-0.4, -0.2) is 54.6 Å². The van der Waals surface area contributed by atoms with Crippen LogP contribution in [0.4, 0.5) is 11.5 Å². The van der Waals surface area contributed by atoms with Crippen LogP contribution in [0.2, 0.25) is 0 Å². The first kappa shape index (κ1) is 27.2. The van der Waals surface area contributed by atoms with Gasteiger partial charge in [-0.15, -0.1) is 0 Å². The van der Waals surface area contributed by atoms with Crippen LogP contribution in [0.25, 0.3) is 22.3 Å². The third-order valence-corrected chi connectivity index (χ3v) is 7.36. The number of carbonyl (C=O) groups excluding carboxylic acids is 1. The average molecular weight is 559 g/mol. The Labute approximate surface area is 233 Å². The van der Waals surface area contributed by atoms with Gasteiger partial charge in [0.2, 0.25) is 0 Å². The summed E-state index contributed by atoms with van der Waals surface area (Å²) in [5.74, 6) is 0.525. The predicted octanol–water partition coefficient (Wildman–Crippen LogP) is 4.12. The van der Waals surface area contributed by atoms with Gasteiger partial charge >= 0.3 is 0 Å². The van der Waals surface area contributed by atoms with Gasteiger partial charge in [0.1, 0.15) is 5.82 Å². The number of benzene rings is 1. The predicted molar refractivity (Wildman–Crippen MR) is 155 cm³/mol. The number of pyridine rings is 3. The van der Waals surface area contributed by atoms with E-state index in [0.717, 1.165) is 46.6 Å². The fourth-order valence-corrected chi connectivity index (χ4v) is 5.15. The molecule has 0 unspecified atom stereocenters. The number of nitrogens with zero attached hydrogens (tertiary/aromatic N) is 4. The Morgan fingerprint density at radius 3 is 2.58 bits per heavy atom. The molecule has 0 saturated carbocycles. The second kappa shape index (κ2) is 11.4. The molecule has 10 nitrogen and oxygen atoms in total. The zero-order valence-electron chi connectivity index (χ0n) is 22.2. The lowest BCUT2D eigenvalue weighted by Crippen LogP contribution is -2.45. The van der Waals surface area contributed by atoms with Gasteiger partial charge < -0.3 is 15.0 Å². The first-order chi connectivity index (χ1) is 19.2. The van der Waals surface area contributed by atoms with Crippen molar-refractivity contribution in [2.75, 3.05) is 22.7 Å². The second-order valence-corrected chi connectivity index (χ2v) is 11.3. The fourth-order valence-electron chi connectivity index (χ4n) is 4.61. The number of ether oxygens (including phenoxy) is 1. The number of nitrogens with one attached hydrogen (secondary N) is 2. The molecule has 0 radical (unpaired) electrons. The van der Waals surface area contributed by atoms with Crippen molar-refractivity contribution in [3.8, 4) is 11.4 Å². The summed E-state index contributed by atoms with van der Waals surface area (Å²) < 4.78 is 31.7. The smallest absolute Gasteiger partial charge is 0.254 e. The minimum atomic E-state index is -3.67. The van der Waals surface area contributed by atoms with Crippen LogP contribution in [0.5, 0.6) is 0 Å². The molecule has 1 aliphatic rings. The molecule has 1 fully saturated rings. The maximum atomic E-state index is 12.7. The van der Waals surface area contributed by atoms with Crippen LogP contribution in [0.1, 0.15) is 29.9 Å². The molecule has 5 rings (SSSR count). The van der Waals surface area contributed by atoms with Gasteiger partial charge in [0.15, 0.2) is 0 Å². The Kier molecular flexibility index (Phi) is 7.76. The lowest BCUT2D eigenvalue weighted by Gasteiger charge is -2.36. The largest absolute Gasteiger partial charge is 0.372 e. The summed E-state index contributed by atoms with van der Waals surface area (Å²) in [6.07, 6.45) is 1.99. The lowest BCUT2D eigenvalue weighted by atomic mass is 10.1. The second-order valence-electron chi connectivity index (χ2n) is 9.69. The molecule has 1 aromatic carbocycles. The quantitative estimate of drug-likeness (QED) is 0.331. The summed E-state index contributed by atoms with van der Waals surface area (Å²) in [6, 6.07) is 17.9. The Hall–Kier alpha value is -4.35. The highest BCUT2D eigenvalue weighted by Crippen LogP contribution is 2.24. The Balaban J connectivity index is 1.31. The van der Waals surface area contributed by atoms with Crippen molar-refractivity contribution < 1.29 is 17.9 Å². The van der Waals surface area contributed by atoms with E-state index >= 15 is 0 Å². The number of sulfonamides is 1. The van der Waals surface area contributed by atoms with Gasteiger partial charge in [-0.3, -0.25) is 14.5 Å². The first-order valence-corrected chi connectivity index (χ1v) is 14.4. The van der Waals surface area contributed by atoms with Crippen molar-refractivity contribution in [2.45, 2.75) is 32.6 Å². The minimum Gasteiger partial charge on any atom is -0.372 e. The number of hydrogen-bond acceptors (Lipinski definition) is 8. The third kappa shape index (κ3) is 6.44. The number of anilines is 2. The number of carbonyl (C=O) groups is 1. The molecular weight excluding hydrogens is 528 g/mol. The number of hydrogen-bond donors (Lipinski definition) is 2. The number of rotatable bonds is 8. The highest BCUT2D eigenvalue weighted by Gasteiger charge is 2.23. The molecule has 3 aromatic heterocycles. The van der Waals surface area contributed by atoms with Gasteiger partial charge in [-0.05, 0) is 62.4 Å². The van der Waals surface area contributed by atoms with Gasteiger partial charge in [0, 0.05) is 41.3 Å². The van der Waals surface area contributed by atoms with Crippen LogP contribution in [0.15, 0.2) is 78.8 Å². The average Bonchev–Trinajstić information content (AvgIpc) is 2.95. The molecule has 1 aliphatic heterocycles. The van der Waals surface area contributed by atoms with E-state index in [0.29, 0.717) is 11.3 Å². The van der Waals surface area contributed by atoms with Crippen molar-refractivity contribution in [1.82, 2.24) is 20.3 Å². The molecule has 4 heterocycles. The van der Waals surface area contributed by atoms with E-state index < -0.39 is 10.0 Å². The van der Waals surface area contributed by atoms with Crippen LogP contribution in [0.3, 0.4) is 0 Å². The van der Waals surface area contributed by atoms with Gasteiger partial charge in [0.25, 0.3) is 15.9 Å². The molecule has 11 heteroatoms. The zero-order valence-corrected chi connectivity index (χ0v) is 23.1. The van der Waals surface area contributed by atoms with E-state index in [-0.39, 0.29) is 30.3 Å². The number of amides is 1. The summed E-state index contributed by atoms with van der Waals surface area (Å²) in [4.78, 5) is 29.1. The van der Waals surface area contributed by atoms with Gasteiger partial charge in [0.05, 0.1) is 41.4 Å². The summed E-state index contributed by atoms with van der Waals surface area (Å²) in [5.41, 5.74) is 3.45. The van der Waals surface area contributed by atoms with E-state index in [1.807, 2.05) is 36.4 Å². The maximum absolute atomic E-state index is 12.7. The van der Waals surface area contributed by atoms with Crippen molar-refractivity contribution in [3.05, 3.63) is 90.1 Å². The number of morpholine rings is 1. The summed E-state index contributed by atoms with van der Waals surface area (Å²) >= 11 is 0. The van der Waals surface area contributed by atoms with Crippen molar-refractivity contribution in [2.24, 2.45) is 0 Å². The normalized spacial score (nSPS) is 17.4. The molecule has 0 bridgehead atoms. The fraction of sp³-hybridized carbons (Fsp3) is 0.241. The SMILES string of the molecule is C=CS(=O)(=O)Nc1cccc(C(=O)NCc2cc3nc(-c4cccc(N5C[C@@H](C)O[C@@H](C)C5)n4)ccc3cn2)c1. The Bertz CT molecular complexity index is 1670. The molecule has 2 atom stereocenters. The number of fused-ring (bicyclic) bond motifs is 1. The highest BCUT2D eigenvalue weighted by atomic mass is 32.2. The van der Waals surface area contributed by atoms with Crippen LogP contribution < -0.4 is 14.9 Å². The molecule has 1 amide bonds. The van der Waals surface area contributed by atoms with Crippen LogP contribution >= 0.6 is 0 Å². The lowest BCUT2D eigenvalue weighted by molar-refractivity contribution is -0.00545. The first-order valence-electron chi connectivity index (χ1n) is 12.9. The highest BCUT2D eigenvalue weighted by molar-refractivity contribution is 7.95. The molecule has 206 valence electrons. The van der Waals surface area contributed by atoms with Gasteiger partial charge in [-0.1, -0.05) is 18.7 Å². The molecule has 1 saturated heterocycles. The van der Waals surface area contributed by atoms with Crippen molar-refractivity contribution >= 4 is 38.3 Å². The van der Waals surface area contributed by atoms with Gasteiger partial charge in [-0.2, -0.15) is 0 Å². The Morgan fingerprint density at radius 1 is 1.05 bits per heavy atom. The van der Waals surface area contributed by atoms with Crippen LogP contribution in [-0.2, 0) is 21.3 Å². The standard InChI is InChI=1S/C29H30N6O4S/c1-4-40(37,38)34-23-8-5-7-21(13-23)29(36)31-16-24-14-27-22(15-30-24)11-12-26(32-27)25-9-6-10-28(33-25)35-17-19(2)39-20(3)18-35/h4-15,19-20,34H,1,16-18H2,2-3H3,(H,31,36)/t19-,20+. The zero-order chi connectivity index (χ0) is 28.3. The monoisotopic (exact) mass is 558 g/mol. The summed E-state index contributed by atoms with van der Waals surface area (Å²) in [5, 5.41) is 4.50. The number of aromatic nitrogens is 3. The van der Waals surface area contributed by atoms with Gasteiger partial charge in [-0.25, -0.2) is 18.4 Å². The molecule has 2 N–H and O–H groups in total. The minimum absolute atomic E-state index is 0.133. The summed E-state index contributed by atoms with van der Waals surface area (Å²) in [6.45, 7) is 9.13. The van der Waals surface area contributed by atoms with E-state index in [1.54, 1.807) is 24.4 Å². The molecule has 40 heavy (non-hydrogen) atoms. The van der Waals surface area contributed by atoms with Crippen molar-refractivity contribution in [1.29, 1.82) is 0 Å². The maximum Gasteiger partial charge on any atom is 0.254 e.